The van der Waals surface area contributed by atoms with E-state index in [0.29, 0.717) is 0 Å². The highest BCUT2D eigenvalue weighted by Gasteiger charge is 2.33. The third kappa shape index (κ3) is 1.45. The molecule has 1 atom stereocenters. The van der Waals surface area contributed by atoms with Crippen molar-refractivity contribution in [2.75, 3.05) is 16.8 Å². The number of hydrogen-bond donors (Lipinski definition) is 0. The molecule has 1 aliphatic rings. The molecule has 0 fully saturated rings. The SMILES string of the molecule is Cc1cccnc1N1c2cccnc2N(C)C1C. The Kier molecular flexibility index (Phi) is 2.44. The van der Waals surface area contributed by atoms with E-state index in [4.69, 9.17) is 0 Å². The standard InChI is InChI=1S/C14H16N4/c1-10-6-4-8-15-13(10)18-11(2)17(3)14-12(18)7-5-9-16-14/h4-9,11H,1-3H3. The lowest BCUT2D eigenvalue weighted by Gasteiger charge is -2.27. The highest BCUT2D eigenvalue weighted by Crippen LogP contribution is 2.41. The van der Waals surface area contributed by atoms with Gasteiger partial charge >= 0.3 is 0 Å². The molecular formula is C14H16N4. The van der Waals surface area contributed by atoms with Crippen LogP contribution in [0.3, 0.4) is 0 Å². The summed E-state index contributed by atoms with van der Waals surface area (Å²) in [6.07, 6.45) is 3.89. The number of aryl methyl sites for hydroxylation is 1. The number of nitrogens with zero attached hydrogens (tertiary/aromatic N) is 4. The van der Waals surface area contributed by atoms with Gasteiger partial charge in [-0.1, -0.05) is 6.07 Å². The van der Waals surface area contributed by atoms with Gasteiger partial charge in [0.1, 0.15) is 12.0 Å². The fourth-order valence-electron chi connectivity index (χ4n) is 2.42. The molecule has 0 bridgehead atoms. The molecule has 0 aliphatic carbocycles. The summed E-state index contributed by atoms with van der Waals surface area (Å²) in [5.74, 6) is 2.01. The van der Waals surface area contributed by atoms with E-state index in [1.165, 1.54) is 5.56 Å². The van der Waals surface area contributed by atoms with E-state index in [2.05, 4.69) is 52.8 Å². The first-order chi connectivity index (χ1) is 8.70. The van der Waals surface area contributed by atoms with Gasteiger partial charge in [0, 0.05) is 19.4 Å². The molecule has 0 spiro atoms. The minimum atomic E-state index is 0.225. The molecule has 0 N–H and O–H groups in total. The van der Waals surface area contributed by atoms with Crippen LogP contribution in [0.15, 0.2) is 36.7 Å². The summed E-state index contributed by atoms with van der Waals surface area (Å²) < 4.78 is 0. The molecule has 1 unspecified atom stereocenters. The summed E-state index contributed by atoms with van der Waals surface area (Å²) in [5.41, 5.74) is 2.30. The summed E-state index contributed by atoms with van der Waals surface area (Å²) in [7, 11) is 2.06. The summed E-state index contributed by atoms with van der Waals surface area (Å²) in [5, 5.41) is 0. The van der Waals surface area contributed by atoms with Gasteiger partial charge in [-0.05, 0) is 37.6 Å². The summed E-state index contributed by atoms with van der Waals surface area (Å²) in [4.78, 5) is 13.4. The van der Waals surface area contributed by atoms with Crippen molar-refractivity contribution >= 4 is 17.3 Å². The van der Waals surface area contributed by atoms with Crippen molar-refractivity contribution in [3.63, 3.8) is 0 Å². The molecular weight excluding hydrogens is 224 g/mol. The Hall–Kier alpha value is -2.10. The van der Waals surface area contributed by atoms with Gasteiger partial charge in [-0.3, -0.25) is 0 Å². The molecule has 18 heavy (non-hydrogen) atoms. The van der Waals surface area contributed by atoms with Crippen LogP contribution in [-0.4, -0.2) is 23.2 Å². The smallest absolute Gasteiger partial charge is 0.154 e. The second-order valence-electron chi connectivity index (χ2n) is 4.60. The second kappa shape index (κ2) is 3.98. The molecule has 2 aromatic rings. The number of fused-ring (bicyclic) bond motifs is 1. The third-order valence-corrected chi connectivity index (χ3v) is 3.50. The monoisotopic (exact) mass is 240 g/mol. The zero-order valence-electron chi connectivity index (χ0n) is 10.8. The molecule has 2 aromatic heterocycles. The Balaban J connectivity index is 2.16. The van der Waals surface area contributed by atoms with Crippen LogP contribution in [0.4, 0.5) is 17.3 Å². The molecule has 0 amide bonds. The van der Waals surface area contributed by atoms with Crippen LogP contribution >= 0.6 is 0 Å². The van der Waals surface area contributed by atoms with E-state index in [-0.39, 0.29) is 6.17 Å². The number of pyridine rings is 2. The Bertz CT molecular complexity index is 582. The van der Waals surface area contributed by atoms with E-state index >= 15 is 0 Å². The molecule has 3 rings (SSSR count). The number of rotatable bonds is 1. The molecule has 1 aliphatic heterocycles. The second-order valence-corrected chi connectivity index (χ2v) is 4.60. The number of anilines is 3. The molecule has 92 valence electrons. The van der Waals surface area contributed by atoms with Gasteiger partial charge in [0.15, 0.2) is 5.82 Å². The van der Waals surface area contributed by atoms with Crippen molar-refractivity contribution in [2.45, 2.75) is 20.0 Å². The normalized spacial score (nSPS) is 18.1. The van der Waals surface area contributed by atoms with Crippen molar-refractivity contribution < 1.29 is 0 Å². The maximum atomic E-state index is 4.52. The van der Waals surface area contributed by atoms with Crippen molar-refractivity contribution in [3.8, 4) is 0 Å². The first-order valence-corrected chi connectivity index (χ1v) is 6.09. The van der Waals surface area contributed by atoms with Gasteiger partial charge in [0.2, 0.25) is 0 Å². The van der Waals surface area contributed by atoms with E-state index in [9.17, 15) is 0 Å². The number of aromatic nitrogens is 2. The molecule has 3 heterocycles. The molecule has 0 radical (unpaired) electrons. The first kappa shape index (κ1) is 11.0. The highest BCUT2D eigenvalue weighted by molar-refractivity contribution is 5.80. The first-order valence-electron chi connectivity index (χ1n) is 6.09. The third-order valence-electron chi connectivity index (χ3n) is 3.50. The lowest BCUT2D eigenvalue weighted by atomic mass is 10.2. The molecule has 4 heteroatoms. The van der Waals surface area contributed by atoms with Crippen molar-refractivity contribution in [1.29, 1.82) is 0 Å². The van der Waals surface area contributed by atoms with Crippen molar-refractivity contribution in [1.82, 2.24) is 9.97 Å². The molecule has 0 aromatic carbocycles. The van der Waals surface area contributed by atoms with E-state index in [0.717, 1.165) is 17.3 Å². The Labute approximate surface area is 107 Å². The lowest BCUT2D eigenvalue weighted by molar-refractivity contribution is 0.721. The van der Waals surface area contributed by atoms with Crippen molar-refractivity contribution in [2.24, 2.45) is 0 Å². The minimum Gasteiger partial charge on any atom is -0.337 e. The van der Waals surface area contributed by atoms with E-state index in [1.807, 2.05) is 24.5 Å². The minimum absolute atomic E-state index is 0.225. The predicted octanol–water partition coefficient (Wildman–Crippen LogP) is 2.72. The average Bonchev–Trinajstić information content (AvgIpc) is 2.64. The lowest BCUT2D eigenvalue weighted by Crippen LogP contribution is -2.36. The molecule has 4 nitrogen and oxygen atoms in total. The highest BCUT2D eigenvalue weighted by atomic mass is 15.4. The zero-order valence-corrected chi connectivity index (χ0v) is 10.8. The largest absolute Gasteiger partial charge is 0.337 e. The van der Waals surface area contributed by atoms with Gasteiger partial charge < -0.3 is 9.80 Å². The van der Waals surface area contributed by atoms with Crippen molar-refractivity contribution in [3.05, 3.63) is 42.2 Å². The van der Waals surface area contributed by atoms with Crippen LogP contribution in [0, 0.1) is 6.92 Å². The Morgan fingerprint density at radius 1 is 1.06 bits per heavy atom. The zero-order chi connectivity index (χ0) is 12.7. The molecule has 0 saturated heterocycles. The predicted molar refractivity (Wildman–Crippen MR) is 73.2 cm³/mol. The van der Waals surface area contributed by atoms with Crippen LogP contribution < -0.4 is 9.80 Å². The summed E-state index contributed by atoms with van der Waals surface area (Å²) in [6, 6.07) is 8.11. The van der Waals surface area contributed by atoms with Crippen LogP contribution in [0.1, 0.15) is 12.5 Å². The summed E-state index contributed by atoms with van der Waals surface area (Å²) >= 11 is 0. The topological polar surface area (TPSA) is 32.3 Å². The van der Waals surface area contributed by atoms with Gasteiger partial charge in [-0.25, -0.2) is 9.97 Å². The van der Waals surface area contributed by atoms with Crippen LogP contribution in [0.5, 0.6) is 0 Å². The van der Waals surface area contributed by atoms with Crippen LogP contribution in [0.25, 0.3) is 0 Å². The average molecular weight is 240 g/mol. The van der Waals surface area contributed by atoms with Crippen LogP contribution in [0.2, 0.25) is 0 Å². The van der Waals surface area contributed by atoms with Gasteiger partial charge in [0.25, 0.3) is 0 Å². The maximum Gasteiger partial charge on any atom is 0.154 e. The van der Waals surface area contributed by atoms with E-state index in [1.54, 1.807) is 0 Å². The fraction of sp³-hybridized carbons (Fsp3) is 0.286. The summed E-state index contributed by atoms with van der Waals surface area (Å²) in [6.45, 7) is 4.25. The quantitative estimate of drug-likeness (QED) is 0.767. The van der Waals surface area contributed by atoms with Gasteiger partial charge in [-0.15, -0.1) is 0 Å². The molecule has 0 saturated carbocycles. The maximum absolute atomic E-state index is 4.52. The van der Waals surface area contributed by atoms with Gasteiger partial charge in [0.05, 0.1) is 5.69 Å². The van der Waals surface area contributed by atoms with E-state index < -0.39 is 0 Å². The fourth-order valence-corrected chi connectivity index (χ4v) is 2.42. The Morgan fingerprint density at radius 3 is 2.44 bits per heavy atom. The van der Waals surface area contributed by atoms with Crippen LogP contribution in [-0.2, 0) is 0 Å². The van der Waals surface area contributed by atoms with Gasteiger partial charge in [-0.2, -0.15) is 0 Å². The number of hydrogen-bond acceptors (Lipinski definition) is 4. The Morgan fingerprint density at radius 2 is 1.72 bits per heavy atom.